The third kappa shape index (κ3) is 3.81. The number of nitrogens with one attached hydrogen (secondary N) is 3. The van der Waals surface area contributed by atoms with Crippen LogP contribution in [0, 0.1) is 5.92 Å². The number of H-pyrrole nitrogens is 1. The van der Waals surface area contributed by atoms with E-state index in [1.165, 1.54) is 6.20 Å². The first-order chi connectivity index (χ1) is 13.1. The maximum Gasteiger partial charge on any atom is 0.274 e. The summed E-state index contributed by atoms with van der Waals surface area (Å²) in [7, 11) is 0. The van der Waals surface area contributed by atoms with Gasteiger partial charge >= 0.3 is 0 Å². The predicted molar refractivity (Wildman–Crippen MR) is 101 cm³/mol. The maximum atomic E-state index is 12.8. The van der Waals surface area contributed by atoms with Crippen LogP contribution < -0.4 is 10.6 Å². The summed E-state index contributed by atoms with van der Waals surface area (Å²) < 4.78 is 0. The van der Waals surface area contributed by atoms with E-state index in [0.717, 1.165) is 24.2 Å². The molecule has 2 aromatic heterocycles. The number of fused-ring (bicyclic) bond motifs is 1. The number of anilines is 1. The van der Waals surface area contributed by atoms with Crippen molar-refractivity contribution >= 4 is 29.2 Å². The van der Waals surface area contributed by atoms with E-state index in [4.69, 9.17) is 11.6 Å². The van der Waals surface area contributed by atoms with E-state index in [0.29, 0.717) is 49.0 Å². The van der Waals surface area contributed by atoms with E-state index < -0.39 is 0 Å². The molecule has 9 heteroatoms. The third-order valence-corrected chi connectivity index (χ3v) is 5.36. The monoisotopic (exact) mass is 388 g/mol. The van der Waals surface area contributed by atoms with Gasteiger partial charge in [-0.05, 0) is 25.0 Å². The number of halogens is 1. The third-order valence-electron chi connectivity index (χ3n) is 5.14. The predicted octanol–water partition coefficient (Wildman–Crippen LogP) is 1.59. The second-order valence-electron chi connectivity index (χ2n) is 6.87. The molecule has 27 heavy (non-hydrogen) atoms. The van der Waals surface area contributed by atoms with Crippen molar-refractivity contribution in [2.24, 2.45) is 5.92 Å². The molecule has 0 unspecified atom stereocenters. The molecular formula is C18H21ClN6O2. The van der Waals surface area contributed by atoms with Gasteiger partial charge in [-0.1, -0.05) is 11.6 Å². The molecule has 4 rings (SSSR count). The SMILES string of the molecule is O=C(Nc1ccc(Cl)cn1)C1CCN(C(=O)c2n[nH]c3c2CNCC3)CC1. The van der Waals surface area contributed by atoms with Crippen LogP contribution in [0.5, 0.6) is 0 Å². The van der Waals surface area contributed by atoms with Gasteiger partial charge in [-0.2, -0.15) is 5.10 Å². The smallest absolute Gasteiger partial charge is 0.274 e. The summed E-state index contributed by atoms with van der Waals surface area (Å²) in [5, 5.41) is 13.8. The van der Waals surface area contributed by atoms with Crippen molar-refractivity contribution in [1.82, 2.24) is 25.4 Å². The standard InChI is InChI=1S/C18H21ClN6O2/c19-12-1-2-15(21-9-12)22-17(26)11-4-7-25(8-5-11)18(27)16-13-10-20-6-3-14(13)23-24-16/h1-2,9,11,20H,3-8,10H2,(H,23,24)(H,21,22,26). The number of likely N-dealkylation sites (tertiary alicyclic amines) is 1. The number of rotatable bonds is 3. The minimum Gasteiger partial charge on any atom is -0.337 e. The number of aromatic nitrogens is 3. The van der Waals surface area contributed by atoms with Gasteiger partial charge in [-0.25, -0.2) is 4.98 Å². The summed E-state index contributed by atoms with van der Waals surface area (Å²) in [5.74, 6) is 0.215. The molecule has 0 atom stereocenters. The summed E-state index contributed by atoms with van der Waals surface area (Å²) in [4.78, 5) is 31.1. The highest BCUT2D eigenvalue weighted by atomic mass is 35.5. The molecular weight excluding hydrogens is 368 g/mol. The van der Waals surface area contributed by atoms with Gasteiger partial charge in [-0.3, -0.25) is 14.7 Å². The first kappa shape index (κ1) is 17.9. The van der Waals surface area contributed by atoms with Gasteiger partial charge in [0.05, 0.1) is 5.02 Å². The summed E-state index contributed by atoms with van der Waals surface area (Å²) in [5.41, 5.74) is 2.52. The number of hydrogen-bond acceptors (Lipinski definition) is 5. The number of piperidine rings is 1. The topological polar surface area (TPSA) is 103 Å². The van der Waals surface area contributed by atoms with E-state index in [1.807, 2.05) is 0 Å². The summed E-state index contributed by atoms with van der Waals surface area (Å²) >= 11 is 5.81. The molecule has 2 aliphatic heterocycles. The first-order valence-electron chi connectivity index (χ1n) is 9.10. The lowest BCUT2D eigenvalue weighted by molar-refractivity contribution is -0.121. The Morgan fingerprint density at radius 1 is 1.26 bits per heavy atom. The second-order valence-corrected chi connectivity index (χ2v) is 7.31. The molecule has 1 saturated heterocycles. The van der Waals surface area contributed by atoms with Crippen molar-refractivity contribution in [2.45, 2.75) is 25.8 Å². The van der Waals surface area contributed by atoms with Crippen LogP contribution >= 0.6 is 11.6 Å². The number of carbonyl (C=O) groups excluding carboxylic acids is 2. The first-order valence-corrected chi connectivity index (χ1v) is 9.48. The van der Waals surface area contributed by atoms with Crippen LogP contribution in [-0.2, 0) is 17.8 Å². The number of pyridine rings is 1. The molecule has 0 saturated carbocycles. The van der Waals surface area contributed by atoms with Gasteiger partial charge in [0.1, 0.15) is 5.82 Å². The Morgan fingerprint density at radius 2 is 2.07 bits per heavy atom. The van der Waals surface area contributed by atoms with Crippen LogP contribution in [0.15, 0.2) is 18.3 Å². The Bertz CT molecular complexity index is 842. The lowest BCUT2D eigenvalue weighted by Gasteiger charge is -2.31. The number of amides is 2. The molecule has 0 spiro atoms. The van der Waals surface area contributed by atoms with E-state index >= 15 is 0 Å². The van der Waals surface area contributed by atoms with Gasteiger partial charge in [0.25, 0.3) is 5.91 Å². The zero-order chi connectivity index (χ0) is 18.8. The largest absolute Gasteiger partial charge is 0.337 e. The van der Waals surface area contributed by atoms with Crippen LogP contribution in [0.4, 0.5) is 5.82 Å². The van der Waals surface area contributed by atoms with Gasteiger partial charge in [0.2, 0.25) is 5.91 Å². The fraction of sp³-hybridized carbons (Fsp3) is 0.444. The van der Waals surface area contributed by atoms with Crippen LogP contribution in [0.3, 0.4) is 0 Å². The van der Waals surface area contributed by atoms with Crippen molar-refractivity contribution in [1.29, 1.82) is 0 Å². The van der Waals surface area contributed by atoms with Gasteiger partial charge in [0.15, 0.2) is 5.69 Å². The molecule has 2 aromatic rings. The highest BCUT2D eigenvalue weighted by Gasteiger charge is 2.31. The molecule has 4 heterocycles. The maximum absolute atomic E-state index is 12.8. The average Bonchev–Trinajstić information content (AvgIpc) is 3.13. The van der Waals surface area contributed by atoms with E-state index in [9.17, 15) is 9.59 Å². The van der Waals surface area contributed by atoms with E-state index in [-0.39, 0.29) is 17.7 Å². The Morgan fingerprint density at radius 3 is 2.81 bits per heavy atom. The minimum absolute atomic E-state index is 0.0607. The molecule has 0 aromatic carbocycles. The molecule has 8 nitrogen and oxygen atoms in total. The zero-order valence-electron chi connectivity index (χ0n) is 14.8. The lowest BCUT2D eigenvalue weighted by Crippen LogP contribution is -2.42. The van der Waals surface area contributed by atoms with Crippen LogP contribution in [0.2, 0.25) is 5.02 Å². The van der Waals surface area contributed by atoms with Crippen LogP contribution in [0.1, 0.15) is 34.6 Å². The number of hydrogen-bond donors (Lipinski definition) is 3. The second kappa shape index (κ2) is 7.66. The van der Waals surface area contributed by atoms with Gasteiger partial charge in [-0.15, -0.1) is 0 Å². The molecule has 3 N–H and O–H groups in total. The quantitative estimate of drug-likeness (QED) is 0.741. The average molecular weight is 389 g/mol. The summed E-state index contributed by atoms with van der Waals surface area (Å²) in [6.07, 6.45) is 3.60. The molecule has 0 bridgehead atoms. The van der Waals surface area contributed by atoms with Crippen molar-refractivity contribution < 1.29 is 9.59 Å². The Balaban J connectivity index is 1.34. The number of nitrogens with zero attached hydrogens (tertiary/aromatic N) is 3. The molecule has 1 fully saturated rings. The van der Waals surface area contributed by atoms with Gasteiger partial charge < -0.3 is 15.5 Å². The molecule has 0 radical (unpaired) electrons. The number of aromatic amines is 1. The normalized spacial score (nSPS) is 17.4. The summed E-state index contributed by atoms with van der Waals surface area (Å²) in [6.45, 7) is 2.64. The Kier molecular flexibility index (Phi) is 5.09. The van der Waals surface area contributed by atoms with Crippen LogP contribution in [-0.4, -0.2) is 51.5 Å². The number of carbonyl (C=O) groups is 2. The fourth-order valence-electron chi connectivity index (χ4n) is 3.57. The molecule has 0 aliphatic carbocycles. The fourth-order valence-corrected chi connectivity index (χ4v) is 3.69. The molecule has 2 aliphatic rings. The lowest BCUT2D eigenvalue weighted by atomic mass is 9.95. The molecule has 2 amide bonds. The zero-order valence-corrected chi connectivity index (χ0v) is 15.6. The highest BCUT2D eigenvalue weighted by molar-refractivity contribution is 6.30. The van der Waals surface area contributed by atoms with Gasteiger partial charge in [0, 0.05) is 56.0 Å². The van der Waals surface area contributed by atoms with E-state index in [1.54, 1.807) is 17.0 Å². The van der Waals surface area contributed by atoms with Crippen molar-refractivity contribution in [3.05, 3.63) is 40.3 Å². The molecule has 142 valence electrons. The van der Waals surface area contributed by atoms with Crippen LogP contribution in [0.25, 0.3) is 0 Å². The Labute approximate surface area is 161 Å². The summed E-state index contributed by atoms with van der Waals surface area (Å²) in [6, 6.07) is 3.36. The van der Waals surface area contributed by atoms with Crippen molar-refractivity contribution in [2.75, 3.05) is 25.0 Å². The Hall–Kier alpha value is -2.45. The minimum atomic E-state index is -0.138. The van der Waals surface area contributed by atoms with E-state index in [2.05, 4.69) is 25.8 Å². The van der Waals surface area contributed by atoms with Crippen molar-refractivity contribution in [3.63, 3.8) is 0 Å². The highest BCUT2D eigenvalue weighted by Crippen LogP contribution is 2.23. The van der Waals surface area contributed by atoms with Crippen molar-refractivity contribution in [3.8, 4) is 0 Å².